The highest BCUT2D eigenvalue weighted by Gasteiger charge is 2.25. The summed E-state index contributed by atoms with van der Waals surface area (Å²) in [5, 5.41) is 20.9. The van der Waals surface area contributed by atoms with Crippen LogP contribution in [0.4, 0.5) is 0 Å². The van der Waals surface area contributed by atoms with Gasteiger partial charge in [0, 0.05) is 0 Å². The van der Waals surface area contributed by atoms with Crippen LogP contribution in [0.2, 0.25) is 0 Å². The van der Waals surface area contributed by atoms with Crippen molar-refractivity contribution in [2.75, 3.05) is 32.7 Å². The van der Waals surface area contributed by atoms with E-state index in [9.17, 15) is 33.9 Å². The Morgan fingerprint density at radius 3 is 1.82 bits per heavy atom. The van der Waals surface area contributed by atoms with Crippen LogP contribution in [0.5, 0.6) is 0 Å². The maximum absolute atomic E-state index is 12.0. The summed E-state index contributed by atoms with van der Waals surface area (Å²) in [6.45, 7) is -0.131. The molecule has 33 heavy (non-hydrogen) atoms. The van der Waals surface area contributed by atoms with E-state index in [1.54, 1.807) is 0 Å². The lowest BCUT2D eigenvalue weighted by atomic mass is 10.1. The number of carbonyl (C=O) groups excluding carboxylic acids is 6. The summed E-state index contributed by atoms with van der Waals surface area (Å²) < 4.78 is 0. The molecule has 0 fully saturated rings. The van der Waals surface area contributed by atoms with Crippen LogP contribution >= 0.6 is 0 Å². The van der Waals surface area contributed by atoms with Gasteiger partial charge < -0.3 is 48.9 Å². The standard InChI is InChI=1S/C18H34N8O7/c1-10(27)16(26-12(28)6-20)18(33)24-8-14(30)22-7-13(29)23-9-15(31)25-11(17(21)32)4-2-3-5-19/h10-11,16,27H,2-9,19-20H2,1H3,(H2,21,32)(H,22,30)(H,23,29)(H,24,33)(H,25,31)(H,26,28)/t10-,11+,16+/m1/s1. The Bertz CT molecular complexity index is 701. The average molecular weight is 475 g/mol. The van der Waals surface area contributed by atoms with Crippen LogP contribution in [0.15, 0.2) is 0 Å². The summed E-state index contributed by atoms with van der Waals surface area (Å²) >= 11 is 0. The van der Waals surface area contributed by atoms with Crippen molar-refractivity contribution in [1.82, 2.24) is 26.6 Å². The van der Waals surface area contributed by atoms with Crippen LogP contribution in [0, 0.1) is 0 Å². The van der Waals surface area contributed by atoms with Gasteiger partial charge in [-0.25, -0.2) is 0 Å². The Hall–Kier alpha value is -3.30. The van der Waals surface area contributed by atoms with Crippen molar-refractivity contribution in [3.8, 4) is 0 Å². The highest BCUT2D eigenvalue weighted by Crippen LogP contribution is 1.99. The van der Waals surface area contributed by atoms with E-state index in [1.165, 1.54) is 6.92 Å². The zero-order valence-corrected chi connectivity index (χ0v) is 18.5. The molecule has 188 valence electrons. The first kappa shape index (κ1) is 29.7. The topological polar surface area (TPSA) is 261 Å². The number of carbonyl (C=O) groups is 6. The van der Waals surface area contributed by atoms with Gasteiger partial charge in [0.25, 0.3) is 0 Å². The van der Waals surface area contributed by atoms with Gasteiger partial charge in [0.05, 0.1) is 32.3 Å². The molecule has 0 radical (unpaired) electrons. The predicted molar refractivity (Wildman–Crippen MR) is 116 cm³/mol. The van der Waals surface area contributed by atoms with Crippen LogP contribution in [-0.4, -0.2) is 91.5 Å². The average Bonchev–Trinajstić information content (AvgIpc) is 2.76. The van der Waals surface area contributed by atoms with E-state index in [2.05, 4.69) is 26.6 Å². The minimum absolute atomic E-state index is 0.319. The zero-order valence-electron chi connectivity index (χ0n) is 18.5. The van der Waals surface area contributed by atoms with Crippen molar-refractivity contribution in [3.05, 3.63) is 0 Å². The maximum Gasteiger partial charge on any atom is 0.245 e. The molecule has 0 heterocycles. The third-order valence-electron chi connectivity index (χ3n) is 4.21. The van der Waals surface area contributed by atoms with Gasteiger partial charge in [0.1, 0.15) is 12.1 Å². The first-order chi connectivity index (χ1) is 15.5. The maximum atomic E-state index is 12.0. The van der Waals surface area contributed by atoms with E-state index in [0.29, 0.717) is 25.8 Å². The predicted octanol–water partition coefficient (Wildman–Crippen LogP) is -5.74. The van der Waals surface area contributed by atoms with Crippen molar-refractivity contribution in [3.63, 3.8) is 0 Å². The molecule has 12 N–H and O–H groups in total. The highest BCUT2D eigenvalue weighted by molar-refractivity contribution is 5.93. The molecule has 0 bridgehead atoms. The fraction of sp³-hybridized carbons (Fsp3) is 0.667. The zero-order chi connectivity index (χ0) is 25.4. The lowest BCUT2D eigenvalue weighted by Crippen LogP contribution is -2.55. The molecular weight excluding hydrogens is 440 g/mol. The van der Waals surface area contributed by atoms with Crippen molar-refractivity contribution < 1.29 is 33.9 Å². The molecular formula is C18H34N8O7. The van der Waals surface area contributed by atoms with E-state index in [0.717, 1.165) is 0 Å². The lowest BCUT2D eigenvalue weighted by Gasteiger charge is -2.20. The number of nitrogens with two attached hydrogens (primary N) is 3. The van der Waals surface area contributed by atoms with E-state index < -0.39 is 73.3 Å². The van der Waals surface area contributed by atoms with Crippen molar-refractivity contribution in [2.24, 2.45) is 17.2 Å². The van der Waals surface area contributed by atoms with Crippen LogP contribution in [-0.2, 0) is 28.8 Å². The number of nitrogens with one attached hydrogen (secondary N) is 5. The molecule has 0 spiro atoms. The van der Waals surface area contributed by atoms with Gasteiger partial charge in [0.2, 0.25) is 35.4 Å². The molecule has 0 aromatic rings. The minimum atomic E-state index is -1.31. The lowest BCUT2D eigenvalue weighted by molar-refractivity contribution is -0.132. The van der Waals surface area contributed by atoms with E-state index in [4.69, 9.17) is 17.2 Å². The number of amides is 6. The Morgan fingerprint density at radius 1 is 0.788 bits per heavy atom. The SMILES string of the molecule is C[C@@H](O)[C@H](NC(=O)CN)C(=O)NCC(=O)NCC(=O)NCC(=O)N[C@@H](CCCCN)C(N)=O. The second kappa shape index (κ2) is 16.3. The quantitative estimate of drug-likeness (QED) is 0.0963. The largest absolute Gasteiger partial charge is 0.391 e. The first-order valence-corrected chi connectivity index (χ1v) is 10.3. The summed E-state index contributed by atoms with van der Waals surface area (Å²) in [6.07, 6.45) is 0.338. The summed E-state index contributed by atoms with van der Waals surface area (Å²) in [7, 11) is 0. The van der Waals surface area contributed by atoms with Gasteiger partial charge in [0.15, 0.2) is 0 Å². The number of unbranched alkanes of at least 4 members (excludes halogenated alkanes) is 1. The Morgan fingerprint density at radius 2 is 1.33 bits per heavy atom. The Kier molecular flexibility index (Phi) is 14.7. The number of hydrogen-bond acceptors (Lipinski definition) is 9. The van der Waals surface area contributed by atoms with Crippen molar-refractivity contribution in [2.45, 2.75) is 44.4 Å². The van der Waals surface area contributed by atoms with Gasteiger partial charge >= 0.3 is 0 Å². The molecule has 0 aliphatic carbocycles. The summed E-state index contributed by atoms with van der Waals surface area (Å²) in [5.74, 6) is -4.26. The number of aliphatic hydroxyl groups is 1. The van der Waals surface area contributed by atoms with Crippen LogP contribution < -0.4 is 43.8 Å². The van der Waals surface area contributed by atoms with E-state index >= 15 is 0 Å². The Labute approximate surface area is 190 Å². The summed E-state index contributed by atoms with van der Waals surface area (Å²) in [6, 6.07) is -2.19. The molecule has 0 aliphatic heterocycles. The van der Waals surface area contributed by atoms with Gasteiger partial charge in [-0.1, -0.05) is 0 Å². The third-order valence-corrected chi connectivity index (χ3v) is 4.21. The molecule has 15 heteroatoms. The van der Waals surface area contributed by atoms with Gasteiger partial charge in [-0.2, -0.15) is 0 Å². The van der Waals surface area contributed by atoms with Gasteiger partial charge in [-0.05, 0) is 32.7 Å². The number of primary amides is 1. The van der Waals surface area contributed by atoms with Crippen LogP contribution in [0.25, 0.3) is 0 Å². The minimum Gasteiger partial charge on any atom is -0.391 e. The monoisotopic (exact) mass is 474 g/mol. The molecule has 0 aliphatic rings. The second-order valence-corrected chi connectivity index (χ2v) is 7.07. The molecule has 3 atom stereocenters. The molecule has 15 nitrogen and oxygen atoms in total. The number of aliphatic hydroxyl groups excluding tert-OH is 1. The van der Waals surface area contributed by atoms with Gasteiger partial charge in [-0.3, -0.25) is 28.8 Å². The van der Waals surface area contributed by atoms with Crippen molar-refractivity contribution in [1.29, 1.82) is 0 Å². The molecule has 0 unspecified atom stereocenters. The first-order valence-electron chi connectivity index (χ1n) is 10.3. The van der Waals surface area contributed by atoms with Crippen LogP contribution in [0.3, 0.4) is 0 Å². The number of hydrogen-bond donors (Lipinski definition) is 9. The molecule has 0 saturated heterocycles. The summed E-state index contributed by atoms with van der Waals surface area (Å²) in [4.78, 5) is 70.1. The van der Waals surface area contributed by atoms with E-state index in [1.807, 2.05) is 0 Å². The van der Waals surface area contributed by atoms with Crippen LogP contribution in [0.1, 0.15) is 26.2 Å². The van der Waals surface area contributed by atoms with Crippen molar-refractivity contribution >= 4 is 35.4 Å². The Balaban J connectivity index is 4.31. The smallest absolute Gasteiger partial charge is 0.245 e. The molecule has 0 aromatic carbocycles. The molecule has 0 aromatic heterocycles. The fourth-order valence-corrected chi connectivity index (χ4v) is 2.42. The summed E-state index contributed by atoms with van der Waals surface area (Å²) in [5.41, 5.74) is 15.7. The number of rotatable bonds is 16. The normalized spacial score (nSPS) is 13.1. The molecule has 0 saturated carbocycles. The second-order valence-electron chi connectivity index (χ2n) is 7.07. The molecule has 6 amide bonds. The third kappa shape index (κ3) is 13.7. The van der Waals surface area contributed by atoms with E-state index in [-0.39, 0.29) is 6.54 Å². The fourth-order valence-electron chi connectivity index (χ4n) is 2.42. The molecule has 0 rings (SSSR count). The van der Waals surface area contributed by atoms with Gasteiger partial charge in [-0.15, -0.1) is 0 Å². The highest BCUT2D eigenvalue weighted by atomic mass is 16.3.